The SMILES string of the molecule is CC1CN(CCSc2ccccc2)C(C)(C2CC2)CN1. The largest absolute Gasteiger partial charge is 0.311 e. The first-order valence-electron chi connectivity index (χ1n) is 7.85. The van der Waals surface area contributed by atoms with Gasteiger partial charge in [0.05, 0.1) is 0 Å². The Hall–Kier alpha value is -0.510. The van der Waals surface area contributed by atoms with Crippen molar-refractivity contribution < 1.29 is 0 Å². The molecule has 0 radical (unpaired) electrons. The summed E-state index contributed by atoms with van der Waals surface area (Å²) in [6.07, 6.45) is 2.85. The summed E-state index contributed by atoms with van der Waals surface area (Å²) in [4.78, 5) is 4.14. The predicted octanol–water partition coefficient (Wildman–Crippen LogP) is 3.24. The summed E-state index contributed by atoms with van der Waals surface area (Å²) in [7, 11) is 0. The molecule has 2 unspecified atom stereocenters. The van der Waals surface area contributed by atoms with Crippen molar-refractivity contribution in [3.63, 3.8) is 0 Å². The van der Waals surface area contributed by atoms with E-state index in [1.54, 1.807) is 0 Å². The molecule has 1 N–H and O–H groups in total. The standard InChI is InChI=1S/C17H26N2S/c1-14-12-19(17(2,13-18-14)15-8-9-15)10-11-20-16-6-4-3-5-7-16/h3-7,14-15,18H,8-13H2,1-2H3. The molecule has 2 fully saturated rings. The molecule has 1 aliphatic heterocycles. The van der Waals surface area contributed by atoms with Crippen LogP contribution in [0.4, 0.5) is 0 Å². The second-order valence-corrected chi connectivity index (χ2v) is 7.69. The average Bonchev–Trinajstić information content (AvgIpc) is 3.29. The molecule has 3 rings (SSSR count). The van der Waals surface area contributed by atoms with Crippen molar-refractivity contribution in [3.05, 3.63) is 30.3 Å². The third-order valence-corrected chi connectivity index (χ3v) is 5.85. The minimum atomic E-state index is 0.393. The number of piperazine rings is 1. The zero-order valence-corrected chi connectivity index (χ0v) is 13.5. The van der Waals surface area contributed by atoms with Crippen LogP contribution in [-0.4, -0.2) is 41.9 Å². The zero-order chi connectivity index (χ0) is 14.0. The minimum Gasteiger partial charge on any atom is -0.311 e. The van der Waals surface area contributed by atoms with Gasteiger partial charge in [-0.25, -0.2) is 0 Å². The fraction of sp³-hybridized carbons (Fsp3) is 0.647. The highest BCUT2D eigenvalue weighted by atomic mass is 32.2. The molecule has 20 heavy (non-hydrogen) atoms. The summed E-state index contributed by atoms with van der Waals surface area (Å²) in [6.45, 7) is 8.34. The lowest BCUT2D eigenvalue weighted by Crippen LogP contribution is -2.64. The first-order chi connectivity index (χ1) is 9.68. The summed E-state index contributed by atoms with van der Waals surface area (Å²) in [5, 5.41) is 3.68. The number of thioether (sulfide) groups is 1. The van der Waals surface area contributed by atoms with E-state index in [0.717, 1.165) is 12.5 Å². The second kappa shape index (κ2) is 6.08. The molecule has 1 aromatic carbocycles. The number of nitrogens with one attached hydrogen (secondary N) is 1. The van der Waals surface area contributed by atoms with Crippen LogP contribution in [0.5, 0.6) is 0 Å². The van der Waals surface area contributed by atoms with Gasteiger partial charge in [0.1, 0.15) is 0 Å². The van der Waals surface area contributed by atoms with Crippen molar-refractivity contribution in [2.45, 2.75) is 43.2 Å². The molecule has 2 aliphatic rings. The molecule has 1 aliphatic carbocycles. The van der Waals surface area contributed by atoms with Crippen LogP contribution in [0.2, 0.25) is 0 Å². The quantitative estimate of drug-likeness (QED) is 0.838. The van der Waals surface area contributed by atoms with Gasteiger partial charge in [-0.05, 0) is 44.7 Å². The Morgan fingerprint density at radius 3 is 2.75 bits per heavy atom. The minimum absolute atomic E-state index is 0.393. The Morgan fingerprint density at radius 2 is 2.05 bits per heavy atom. The van der Waals surface area contributed by atoms with Gasteiger partial charge in [0.15, 0.2) is 0 Å². The highest BCUT2D eigenvalue weighted by Gasteiger charge is 2.47. The number of hydrogen-bond donors (Lipinski definition) is 1. The number of hydrogen-bond acceptors (Lipinski definition) is 3. The Kier molecular flexibility index (Phi) is 4.39. The Labute approximate surface area is 127 Å². The molecule has 0 amide bonds. The highest BCUT2D eigenvalue weighted by molar-refractivity contribution is 7.99. The zero-order valence-electron chi connectivity index (χ0n) is 12.6. The van der Waals surface area contributed by atoms with Crippen molar-refractivity contribution in [2.24, 2.45) is 5.92 Å². The maximum atomic E-state index is 3.68. The molecular formula is C17H26N2S. The van der Waals surface area contributed by atoms with Gasteiger partial charge >= 0.3 is 0 Å². The Balaban J connectivity index is 1.56. The normalized spacial score (nSPS) is 31.4. The molecule has 0 bridgehead atoms. The van der Waals surface area contributed by atoms with Crippen molar-refractivity contribution in [1.29, 1.82) is 0 Å². The lowest BCUT2D eigenvalue weighted by molar-refractivity contribution is 0.0446. The molecule has 2 nitrogen and oxygen atoms in total. The molecule has 1 aromatic rings. The molecular weight excluding hydrogens is 264 g/mol. The average molecular weight is 290 g/mol. The van der Waals surface area contributed by atoms with Crippen LogP contribution in [0, 0.1) is 5.92 Å². The molecule has 1 heterocycles. The smallest absolute Gasteiger partial charge is 0.0335 e. The van der Waals surface area contributed by atoms with Crippen LogP contribution in [0.15, 0.2) is 35.2 Å². The van der Waals surface area contributed by atoms with Crippen molar-refractivity contribution in [3.8, 4) is 0 Å². The summed E-state index contributed by atoms with van der Waals surface area (Å²) in [5.41, 5.74) is 0.393. The summed E-state index contributed by atoms with van der Waals surface area (Å²) >= 11 is 1.99. The van der Waals surface area contributed by atoms with Gasteiger partial charge in [0, 0.05) is 41.9 Å². The summed E-state index contributed by atoms with van der Waals surface area (Å²) < 4.78 is 0. The lowest BCUT2D eigenvalue weighted by Gasteiger charge is -2.48. The molecule has 1 saturated heterocycles. The van der Waals surface area contributed by atoms with E-state index in [-0.39, 0.29) is 0 Å². The fourth-order valence-corrected chi connectivity index (χ4v) is 4.24. The molecule has 2 atom stereocenters. The highest BCUT2D eigenvalue weighted by Crippen LogP contribution is 2.44. The van der Waals surface area contributed by atoms with Crippen LogP contribution in [0.25, 0.3) is 0 Å². The predicted molar refractivity (Wildman–Crippen MR) is 87.3 cm³/mol. The van der Waals surface area contributed by atoms with Crippen LogP contribution in [0.3, 0.4) is 0 Å². The van der Waals surface area contributed by atoms with Crippen molar-refractivity contribution in [1.82, 2.24) is 10.2 Å². The van der Waals surface area contributed by atoms with Crippen LogP contribution >= 0.6 is 11.8 Å². The van der Waals surface area contributed by atoms with E-state index in [9.17, 15) is 0 Å². The molecule has 0 aromatic heterocycles. The van der Waals surface area contributed by atoms with Crippen LogP contribution < -0.4 is 5.32 Å². The summed E-state index contributed by atoms with van der Waals surface area (Å²) in [6, 6.07) is 11.4. The lowest BCUT2D eigenvalue weighted by atomic mass is 9.90. The van der Waals surface area contributed by atoms with E-state index in [4.69, 9.17) is 0 Å². The van der Waals surface area contributed by atoms with Crippen molar-refractivity contribution >= 4 is 11.8 Å². The van der Waals surface area contributed by atoms with E-state index in [1.165, 1.54) is 36.6 Å². The van der Waals surface area contributed by atoms with Gasteiger partial charge in [-0.15, -0.1) is 11.8 Å². The first-order valence-corrected chi connectivity index (χ1v) is 8.83. The maximum Gasteiger partial charge on any atom is 0.0335 e. The van der Waals surface area contributed by atoms with E-state index >= 15 is 0 Å². The maximum absolute atomic E-state index is 3.68. The van der Waals surface area contributed by atoms with E-state index < -0.39 is 0 Å². The third kappa shape index (κ3) is 3.21. The van der Waals surface area contributed by atoms with Crippen molar-refractivity contribution in [2.75, 3.05) is 25.4 Å². The van der Waals surface area contributed by atoms with Gasteiger partial charge in [-0.1, -0.05) is 18.2 Å². The third-order valence-electron chi connectivity index (χ3n) is 4.86. The van der Waals surface area contributed by atoms with E-state index in [1.807, 2.05) is 11.8 Å². The molecule has 0 spiro atoms. The first kappa shape index (κ1) is 14.4. The van der Waals surface area contributed by atoms with E-state index in [2.05, 4.69) is 54.4 Å². The topological polar surface area (TPSA) is 15.3 Å². The van der Waals surface area contributed by atoms with Gasteiger partial charge in [0.25, 0.3) is 0 Å². The number of benzene rings is 1. The number of rotatable bonds is 5. The molecule has 3 heteroatoms. The van der Waals surface area contributed by atoms with Crippen LogP contribution in [0.1, 0.15) is 26.7 Å². The fourth-order valence-electron chi connectivity index (χ4n) is 3.34. The van der Waals surface area contributed by atoms with Gasteiger partial charge in [0.2, 0.25) is 0 Å². The van der Waals surface area contributed by atoms with Gasteiger partial charge in [-0.3, -0.25) is 4.90 Å². The summed E-state index contributed by atoms with van der Waals surface area (Å²) in [5.74, 6) is 2.11. The number of nitrogens with zero attached hydrogens (tertiary/aromatic N) is 1. The second-order valence-electron chi connectivity index (χ2n) is 6.52. The van der Waals surface area contributed by atoms with E-state index in [0.29, 0.717) is 11.6 Å². The monoisotopic (exact) mass is 290 g/mol. The Morgan fingerprint density at radius 1 is 1.30 bits per heavy atom. The molecule has 110 valence electrons. The molecule has 1 saturated carbocycles. The van der Waals surface area contributed by atoms with Gasteiger partial charge in [-0.2, -0.15) is 0 Å². The van der Waals surface area contributed by atoms with Crippen LogP contribution in [-0.2, 0) is 0 Å². The Bertz CT molecular complexity index is 432. The van der Waals surface area contributed by atoms with Gasteiger partial charge < -0.3 is 5.32 Å².